The molecule has 21 heavy (non-hydrogen) atoms. The summed E-state index contributed by atoms with van der Waals surface area (Å²) < 4.78 is 0. The summed E-state index contributed by atoms with van der Waals surface area (Å²) in [5, 5.41) is 12.1. The highest BCUT2D eigenvalue weighted by atomic mass is 16.3. The Morgan fingerprint density at radius 1 is 1.00 bits per heavy atom. The van der Waals surface area contributed by atoms with Crippen LogP contribution < -0.4 is 0 Å². The summed E-state index contributed by atoms with van der Waals surface area (Å²) in [5.74, 6) is 0.125. The van der Waals surface area contributed by atoms with E-state index in [0.29, 0.717) is 0 Å². The molecule has 2 heterocycles. The number of amides is 1. The Morgan fingerprint density at radius 3 is 2.38 bits per heavy atom. The molecular formula is C18H19NO2. The normalized spacial score (nSPS) is 28.0. The number of nitrogens with zero attached hydrogens (tertiary/aromatic N) is 1. The van der Waals surface area contributed by atoms with Gasteiger partial charge in [0.15, 0.2) is 0 Å². The Hall–Kier alpha value is -1.87. The first-order valence-electron chi connectivity index (χ1n) is 7.72. The number of piperidine rings is 1. The first kappa shape index (κ1) is 12.8. The highest BCUT2D eigenvalue weighted by Crippen LogP contribution is 2.37. The van der Waals surface area contributed by atoms with Crippen molar-refractivity contribution in [3.05, 3.63) is 48.0 Å². The van der Waals surface area contributed by atoms with Gasteiger partial charge in [-0.05, 0) is 48.6 Å². The topological polar surface area (TPSA) is 40.5 Å². The van der Waals surface area contributed by atoms with Crippen LogP contribution in [0.3, 0.4) is 0 Å². The van der Waals surface area contributed by atoms with Crippen molar-refractivity contribution in [1.29, 1.82) is 0 Å². The van der Waals surface area contributed by atoms with Crippen LogP contribution in [0, 0.1) is 0 Å². The largest absolute Gasteiger partial charge is 0.393 e. The van der Waals surface area contributed by atoms with Gasteiger partial charge in [-0.2, -0.15) is 0 Å². The lowest BCUT2D eigenvalue weighted by Gasteiger charge is -2.37. The minimum absolute atomic E-state index is 0.125. The smallest absolute Gasteiger partial charge is 0.254 e. The fourth-order valence-electron chi connectivity index (χ4n) is 3.95. The van der Waals surface area contributed by atoms with Crippen molar-refractivity contribution in [3.8, 4) is 0 Å². The Balaban J connectivity index is 1.67. The maximum absolute atomic E-state index is 12.9. The van der Waals surface area contributed by atoms with Gasteiger partial charge in [-0.25, -0.2) is 0 Å². The first-order chi connectivity index (χ1) is 10.2. The highest BCUT2D eigenvalue weighted by molar-refractivity contribution is 5.99. The molecule has 2 atom stereocenters. The summed E-state index contributed by atoms with van der Waals surface area (Å²) in [7, 11) is 0. The molecule has 0 spiro atoms. The molecule has 2 aliphatic rings. The number of aliphatic hydroxyl groups excluding tert-OH is 1. The van der Waals surface area contributed by atoms with Crippen LogP contribution in [-0.4, -0.2) is 34.1 Å². The van der Waals surface area contributed by atoms with E-state index in [4.69, 9.17) is 0 Å². The van der Waals surface area contributed by atoms with E-state index in [2.05, 4.69) is 6.07 Å². The van der Waals surface area contributed by atoms with Crippen molar-refractivity contribution < 1.29 is 9.90 Å². The fourth-order valence-corrected chi connectivity index (χ4v) is 3.95. The number of carbonyl (C=O) groups excluding carboxylic acids is 1. The van der Waals surface area contributed by atoms with Crippen LogP contribution in [0.4, 0.5) is 0 Å². The minimum atomic E-state index is -0.233. The number of rotatable bonds is 1. The molecule has 2 aliphatic heterocycles. The lowest BCUT2D eigenvalue weighted by molar-refractivity contribution is 0.0287. The van der Waals surface area contributed by atoms with E-state index in [1.165, 1.54) is 0 Å². The molecule has 2 saturated heterocycles. The number of fused-ring (bicyclic) bond motifs is 3. The van der Waals surface area contributed by atoms with Gasteiger partial charge in [-0.1, -0.05) is 30.3 Å². The van der Waals surface area contributed by atoms with Gasteiger partial charge in [-0.15, -0.1) is 0 Å². The van der Waals surface area contributed by atoms with Gasteiger partial charge in [0.25, 0.3) is 5.91 Å². The van der Waals surface area contributed by atoms with Crippen molar-refractivity contribution in [3.63, 3.8) is 0 Å². The Kier molecular flexibility index (Phi) is 2.96. The summed E-state index contributed by atoms with van der Waals surface area (Å²) in [4.78, 5) is 14.9. The number of aliphatic hydroxyl groups is 1. The standard InChI is InChI=1S/C18H19NO2/c20-17-10-15-7-8-16(11-17)19(15)18(21)14-6-5-12-3-1-2-4-13(12)9-14/h1-6,9,15-17,20H,7-8,10-11H2. The van der Waals surface area contributed by atoms with E-state index in [9.17, 15) is 9.90 Å². The summed E-state index contributed by atoms with van der Waals surface area (Å²) >= 11 is 0. The summed E-state index contributed by atoms with van der Waals surface area (Å²) in [5.41, 5.74) is 0.766. The maximum Gasteiger partial charge on any atom is 0.254 e. The molecule has 108 valence electrons. The molecule has 2 aromatic carbocycles. The van der Waals surface area contributed by atoms with Crippen molar-refractivity contribution in [2.45, 2.75) is 43.9 Å². The number of hydrogen-bond acceptors (Lipinski definition) is 2. The van der Waals surface area contributed by atoms with Crippen molar-refractivity contribution >= 4 is 16.7 Å². The molecule has 3 nitrogen and oxygen atoms in total. The maximum atomic E-state index is 12.9. The molecule has 2 bridgehead atoms. The monoisotopic (exact) mass is 281 g/mol. The van der Waals surface area contributed by atoms with Crippen LogP contribution in [0.5, 0.6) is 0 Å². The fraction of sp³-hybridized carbons (Fsp3) is 0.389. The first-order valence-corrected chi connectivity index (χ1v) is 7.72. The Morgan fingerprint density at radius 2 is 1.67 bits per heavy atom. The van der Waals surface area contributed by atoms with Crippen LogP contribution in [0.2, 0.25) is 0 Å². The summed E-state index contributed by atoms with van der Waals surface area (Å²) in [6.07, 6.45) is 3.29. The molecule has 0 saturated carbocycles. The van der Waals surface area contributed by atoms with Crippen LogP contribution >= 0.6 is 0 Å². The second kappa shape index (κ2) is 4.85. The number of hydrogen-bond donors (Lipinski definition) is 1. The SMILES string of the molecule is O=C(c1ccc2ccccc2c1)N1C2CCC1CC(O)C2. The van der Waals surface area contributed by atoms with Crippen LogP contribution in [0.15, 0.2) is 42.5 Å². The molecule has 2 fully saturated rings. The number of benzene rings is 2. The van der Waals surface area contributed by atoms with Gasteiger partial charge in [0.1, 0.15) is 0 Å². The number of carbonyl (C=O) groups is 1. The Labute approximate surface area is 124 Å². The van der Waals surface area contributed by atoms with Crippen molar-refractivity contribution in [1.82, 2.24) is 4.90 Å². The van der Waals surface area contributed by atoms with E-state index in [0.717, 1.165) is 42.0 Å². The molecule has 0 radical (unpaired) electrons. The molecule has 2 aromatic rings. The summed E-state index contributed by atoms with van der Waals surface area (Å²) in [6, 6.07) is 14.5. The zero-order valence-electron chi connectivity index (χ0n) is 11.9. The van der Waals surface area contributed by atoms with E-state index < -0.39 is 0 Å². The van der Waals surface area contributed by atoms with Gasteiger partial charge in [-0.3, -0.25) is 4.79 Å². The lowest BCUT2D eigenvalue weighted by atomic mass is 9.98. The van der Waals surface area contributed by atoms with Crippen LogP contribution in [0.25, 0.3) is 10.8 Å². The van der Waals surface area contributed by atoms with Gasteiger partial charge in [0, 0.05) is 17.6 Å². The molecule has 3 heteroatoms. The second-order valence-electron chi connectivity index (χ2n) is 6.28. The van der Waals surface area contributed by atoms with Gasteiger partial charge >= 0.3 is 0 Å². The lowest BCUT2D eigenvalue weighted by Crippen LogP contribution is -2.47. The van der Waals surface area contributed by atoms with E-state index in [-0.39, 0.29) is 24.1 Å². The molecule has 0 aromatic heterocycles. The average molecular weight is 281 g/mol. The zero-order chi connectivity index (χ0) is 14.4. The molecular weight excluding hydrogens is 262 g/mol. The minimum Gasteiger partial charge on any atom is -0.393 e. The van der Waals surface area contributed by atoms with Crippen LogP contribution in [0.1, 0.15) is 36.0 Å². The van der Waals surface area contributed by atoms with Gasteiger partial charge < -0.3 is 10.0 Å². The van der Waals surface area contributed by atoms with E-state index >= 15 is 0 Å². The quantitative estimate of drug-likeness (QED) is 0.873. The zero-order valence-corrected chi connectivity index (χ0v) is 11.9. The van der Waals surface area contributed by atoms with Gasteiger partial charge in [0.2, 0.25) is 0 Å². The van der Waals surface area contributed by atoms with Crippen molar-refractivity contribution in [2.75, 3.05) is 0 Å². The molecule has 0 aliphatic carbocycles. The molecule has 1 N–H and O–H groups in total. The van der Waals surface area contributed by atoms with Crippen molar-refractivity contribution in [2.24, 2.45) is 0 Å². The molecule has 2 unspecified atom stereocenters. The highest BCUT2D eigenvalue weighted by Gasteiger charge is 2.42. The van der Waals surface area contributed by atoms with E-state index in [1.54, 1.807) is 0 Å². The third-order valence-electron chi connectivity index (χ3n) is 4.94. The molecule has 4 rings (SSSR count). The van der Waals surface area contributed by atoms with E-state index in [1.807, 2.05) is 41.3 Å². The third kappa shape index (κ3) is 2.12. The molecule has 1 amide bonds. The summed E-state index contributed by atoms with van der Waals surface area (Å²) in [6.45, 7) is 0. The van der Waals surface area contributed by atoms with Crippen LogP contribution in [-0.2, 0) is 0 Å². The average Bonchev–Trinajstić information content (AvgIpc) is 2.78. The van der Waals surface area contributed by atoms with Gasteiger partial charge in [0.05, 0.1) is 6.10 Å². The second-order valence-corrected chi connectivity index (χ2v) is 6.28. The predicted octanol–water partition coefficient (Wildman–Crippen LogP) is 2.97. The Bertz CT molecular complexity index is 682. The third-order valence-corrected chi connectivity index (χ3v) is 4.94. The predicted molar refractivity (Wildman–Crippen MR) is 82.2 cm³/mol.